The molecule has 1 saturated heterocycles. The van der Waals surface area contributed by atoms with E-state index in [9.17, 15) is 4.79 Å². The minimum absolute atomic E-state index is 0.0795. The quantitative estimate of drug-likeness (QED) is 0.701. The number of anilines is 2. The lowest BCUT2D eigenvalue weighted by Gasteiger charge is -2.38. The highest BCUT2D eigenvalue weighted by atomic mass is 16.5. The van der Waals surface area contributed by atoms with E-state index in [4.69, 9.17) is 15.2 Å². The van der Waals surface area contributed by atoms with Crippen LogP contribution in [0.25, 0.3) is 21.9 Å². The predicted octanol–water partition coefficient (Wildman–Crippen LogP) is 2.66. The number of hydrogen-bond acceptors (Lipinski definition) is 6. The highest BCUT2D eigenvalue weighted by Gasteiger charge is 2.24. The molecule has 2 aromatic heterocycles. The number of ether oxygens (including phenoxy) is 2. The van der Waals surface area contributed by atoms with E-state index in [1.807, 2.05) is 24.4 Å². The Hall–Kier alpha value is -3.22. The van der Waals surface area contributed by atoms with Gasteiger partial charge in [-0.25, -0.2) is 4.98 Å². The highest BCUT2D eigenvalue weighted by molar-refractivity contribution is 5.97. The Morgan fingerprint density at radius 1 is 1.11 bits per heavy atom. The summed E-state index contributed by atoms with van der Waals surface area (Å²) < 4.78 is 12.4. The zero-order chi connectivity index (χ0) is 20.0. The summed E-state index contributed by atoms with van der Waals surface area (Å²) >= 11 is 0. The molecule has 0 unspecified atom stereocenters. The van der Waals surface area contributed by atoms with Crippen LogP contribution in [0.5, 0.6) is 11.5 Å². The normalized spacial score (nSPS) is 14.2. The van der Waals surface area contributed by atoms with Crippen molar-refractivity contribution < 1.29 is 9.47 Å². The lowest BCUT2D eigenvalue weighted by molar-refractivity contribution is 0.399. The lowest BCUT2D eigenvalue weighted by atomic mass is 9.99. The van der Waals surface area contributed by atoms with Crippen molar-refractivity contribution >= 4 is 22.3 Å². The Morgan fingerprint density at radius 2 is 1.75 bits per heavy atom. The van der Waals surface area contributed by atoms with E-state index in [-0.39, 0.29) is 5.56 Å². The van der Waals surface area contributed by atoms with Crippen LogP contribution >= 0.6 is 0 Å². The summed E-state index contributed by atoms with van der Waals surface area (Å²) in [6, 6.07) is 5.72. The molecule has 0 amide bonds. The fourth-order valence-electron chi connectivity index (χ4n) is 3.73. The van der Waals surface area contributed by atoms with Crippen LogP contribution in [0.15, 0.2) is 35.4 Å². The van der Waals surface area contributed by atoms with Crippen molar-refractivity contribution in [3.05, 3.63) is 40.9 Å². The van der Waals surface area contributed by atoms with Gasteiger partial charge in [-0.1, -0.05) is 6.92 Å². The van der Waals surface area contributed by atoms with E-state index in [1.54, 1.807) is 32.0 Å². The molecular weight excluding hydrogens is 356 g/mol. The molecule has 0 spiro atoms. The second kappa shape index (κ2) is 6.74. The van der Waals surface area contributed by atoms with Gasteiger partial charge in [-0.05, 0) is 29.7 Å². The number of aryl methyl sites for hydroxylation is 1. The smallest absolute Gasteiger partial charge is 0.259 e. The van der Waals surface area contributed by atoms with Crippen LogP contribution in [-0.4, -0.2) is 36.9 Å². The Morgan fingerprint density at radius 3 is 2.32 bits per heavy atom. The van der Waals surface area contributed by atoms with Crippen molar-refractivity contribution in [2.24, 2.45) is 13.0 Å². The number of aromatic nitrogens is 2. The fraction of sp³-hybridized carbons (Fsp3) is 0.333. The Labute approximate surface area is 163 Å². The van der Waals surface area contributed by atoms with Crippen molar-refractivity contribution in [3.8, 4) is 22.6 Å². The molecule has 4 rings (SSSR count). The van der Waals surface area contributed by atoms with Gasteiger partial charge in [-0.15, -0.1) is 0 Å². The third-order valence-electron chi connectivity index (χ3n) is 5.30. The molecule has 3 aromatic rings. The van der Waals surface area contributed by atoms with Gasteiger partial charge in [0, 0.05) is 43.5 Å². The Balaban J connectivity index is 1.97. The number of nitrogen functional groups attached to an aromatic ring is 1. The van der Waals surface area contributed by atoms with Gasteiger partial charge in [0.2, 0.25) is 0 Å². The van der Waals surface area contributed by atoms with Crippen LogP contribution in [0.3, 0.4) is 0 Å². The minimum Gasteiger partial charge on any atom is -0.494 e. The molecule has 7 nitrogen and oxygen atoms in total. The number of rotatable bonds is 4. The van der Waals surface area contributed by atoms with E-state index in [0.717, 1.165) is 35.4 Å². The van der Waals surface area contributed by atoms with Crippen molar-refractivity contribution in [2.75, 3.05) is 37.9 Å². The average Bonchev–Trinajstić information content (AvgIpc) is 2.68. The zero-order valence-electron chi connectivity index (χ0n) is 16.5. The lowest BCUT2D eigenvalue weighted by Crippen LogP contribution is -2.45. The molecule has 1 aliphatic heterocycles. The van der Waals surface area contributed by atoms with Gasteiger partial charge in [0.25, 0.3) is 5.56 Å². The molecule has 1 aromatic carbocycles. The van der Waals surface area contributed by atoms with E-state index in [1.165, 1.54) is 0 Å². The van der Waals surface area contributed by atoms with E-state index in [2.05, 4.69) is 16.8 Å². The number of methoxy groups -OCH3 is 2. The predicted molar refractivity (Wildman–Crippen MR) is 111 cm³/mol. The monoisotopic (exact) mass is 380 g/mol. The maximum atomic E-state index is 12.7. The number of fused-ring (bicyclic) bond motifs is 1. The van der Waals surface area contributed by atoms with Gasteiger partial charge in [-0.3, -0.25) is 4.79 Å². The molecule has 2 N–H and O–H groups in total. The van der Waals surface area contributed by atoms with Gasteiger partial charge in [0.1, 0.15) is 23.0 Å². The summed E-state index contributed by atoms with van der Waals surface area (Å²) in [4.78, 5) is 19.4. The Bertz CT molecular complexity index is 1090. The summed E-state index contributed by atoms with van der Waals surface area (Å²) in [5.74, 6) is 2.60. The summed E-state index contributed by atoms with van der Waals surface area (Å²) in [5, 5.41) is 1.42. The molecule has 1 aliphatic rings. The highest BCUT2D eigenvalue weighted by Crippen LogP contribution is 2.39. The fourth-order valence-corrected chi connectivity index (χ4v) is 3.73. The third-order valence-corrected chi connectivity index (χ3v) is 5.30. The first-order valence-corrected chi connectivity index (χ1v) is 9.19. The molecule has 0 aliphatic carbocycles. The molecule has 146 valence electrons. The standard InChI is InChI=1S/C21H24N4O3/c1-12-9-25(10-12)19-7-14-15(8-23-19)21(26)24(2)11-16(14)13-5-17(27-3)20(22)18(6-13)28-4/h5-8,11-12H,9-10,22H2,1-4H3. The second-order valence-corrected chi connectivity index (χ2v) is 7.35. The topological polar surface area (TPSA) is 82.6 Å². The minimum atomic E-state index is -0.0795. The molecule has 0 radical (unpaired) electrons. The summed E-state index contributed by atoms with van der Waals surface area (Å²) in [6.45, 7) is 4.16. The largest absolute Gasteiger partial charge is 0.494 e. The van der Waals surface area contributed by atoms with E-state index < -0.39 is 0 Å². The average molecular weight is 380 g/mol. The van der Waals surface area contributed by atoms with E-state index in [0.29, 0.717) is 28.5 Å². The molecular formula is C21H24N4O3. The third kappa shape index (κ3) is 2.83. The van der Waals surface area contributed by atoms with Crippen LogP contribution in [0.2, 0.25) is 0 Å². The van der Waals surface area contributed by atoms with Crippen LogP contribution in [0.1, 0.15) is 6.92 Å². The first-order chi connectivity index (χ1) is 13.4. The van der Waals surface area contributed by atoms with Gasteiger partial charge in [-0.2, -0.15) is 0 Å². The van der Waals surface area contributed by atoms with Crippen LogP contribution in [0, 0.1) is 5.92 Å². The van der Waals surface area contributed by atoms with Gasteiger partial charge in [0.15, 0.2) is 0 Å². The molecule has 0 atom stereocenters. The summed E-state index contributed by atoms with van der Waals surface area (Å²) in [5.41, 5.74) is 8.22. The summed E-state index contributed by atoms with van der Waals surface area (Å²) in [7, 11) is 4.88. The molecule has 0 bridgehead atoms. The van der Waals surface area contributed by atoms with Crippen molar-refractivity contribution in [1.82, 2.24) is 9.55 Å². The van der Waals surface area contributed by atoms with Gasteiger partial charge >= 0.3 is 0 Å². The molecule has 3 heterocycles. The Kier molecular flexibility index (Phi) is 4.37. The van der Waals surface area contributed by atoms with Crippen molar-refractivity contribution in [1.29, 1.82) is 0 Å². The van der Waals surface area contributed by atoms with Gasteiger partial charge in [0.05, 0.1) is 19.6 Å². The van der Waals surface area contributed by atoms with E-state index >= 15 is 0 Å². The number of pyridine rings is 2. The molecule has 28 heavy (non-hydrogen) atoms. The first-order valence-electron chi connectivity index (χ1n) is 9.19. The maximum Gasteiger partial charge on any atom is 0.259 e. The molecule has 1 fully saturated rings. The number of nitrogens with zero attached hydrogens (tertiary/aromatic N) is 3. The zero-order valence-corrected chi connectivity index (χ0v) is 16.5. The second-order valence-electron chi connectivity index (χ2n) is 7.35. The number of benzene rings is 1. The maximum absolute atomic E-state index is 12.7. The van der Waals surface area contributed by atoms with Gasteiger partial charge < -0.3 is 24.7 Å². The van der Waals surface area contributed by atoms with Crippen molar-refractivity contribution in [2.45, 2.75) is 6.92 Å². The van der Waals surface area contributed by atoms with Crippen LogP contribution in [-0.2, 0) is 7.05 Å². The summed E-state index contributed by atoms with van der Waals surface area (Å²) in [6.07, 6.45) is 3.50. The SMILES string of the molecule is COc1cc(-c2cn(C)c(=O)c3cnc(N4CC(C)C4)cc23)cc(OC)c1N. The first kappa shape index (κ1) is 18.2. The van der Waals surface area contributed by atoms with Crippen LogP contribution in [0.4, 0.5) is 11.5 Å². The molecule has 7 heteroatoms. The van der Waals surface area contributed by atoms with Crippen LogP contribution < -0.4 is 25.7 Å². The number of hydrogen-bond donors (Lipinski definition) is 1. The van der Waals surface area contributed by atoms with Crippen molar-refractivity contribution in [3.63, 3.8) is 0 Å². The molecule has 0 saturated carbocycles. The number of nitrogens with two attached hydrogens (primary N) is 1.